The number of ether oxygens (including phenoxy) is 2. The molecule has 1 rings (SSSR count). The molecule has 8 atom stereocenters. The molecule has 58 heavy (non-hydrogen) atoms. The van der Waals surface area contributed by atoms with Crippen molar-refractivity contribution in [2.24, 2.45) is 0 Å². The first-order chi connectivity index (χ1) is 27.9. The number of phosphoric acid groups is 1. The van der Waals surface area contributed by atoms with Crippen LogP contribution in [0.15, 0.2) is 12.2 Å². The molecule has 0 aromatic heterocycles. The van der Waals surface area contributed by atoms with Crippen molar-refractivity contribution in [2.75, 3.05) is 13.2 Å². The topological polar surface area (TPSA) is 210 Å². The molecule has 1 aliphatic carbocycles. The van der Waals surface area contributed by atoms with E-state index in [0.29, 0.717) is 12.8 Å². The van der Waals surface area contributed by atoms with Gasteiger partial charge in [-0.05, 0) is 38.5 Å². The number of aliphatic hydroxyl groups excluding tert-OH is 5. The molecular formula is C44H83O13P. The van der Waals surface area contributed by atoms with Gasteiger partial charge in [0.15, 0.2) is 6.10 Å². The first kappa shape index (κ1) is 54.6. The first-order valence-corrected chi connectivity index (χ1v) is 24.5. The van der Waals surface area contributed by atoms with E-state index in [1.54, 1.807) is 0 Å². The van der Waals surface area contributed by atoms with Gasteiger partial charge in [0.25, 0.3) is 0 Å². The lowest BCUT2D eigenvalue weighted by atomic mass is 9.85. The van der Waals surface area contributed by atoms with Gasteiger partial charge in [-0.25, -0.2) is 4.57 Å². The normalized spacial score (nSPS) is 22.6. The summed E-state index contributed by atoms with van der Waals surface area (Å²) in [6.45, 7) is 3.29. The molecule has 1 saturated carbocycles. The van der Waals surface area contributed by atoms with Gasteiger partial charge in [-0.2, -0.15) is 0 Å². The van der Waals surface area contributed by atoms with E-state index in [-0.39, 0.29) is 12.8 Å². The van der Waals surface area contributed by atoms with Gasteiger partial charge in [-0.3, -0.25) is 18.6 Å². The molecule has 342 valence electrons. The van der Waals surface area contributed by atoms with Gasteiger partial charge in [0.1, 0.15) is 43.2 Å². The Labute approximate surface area is 350 Å². The van der Waals surface area contributed by atoms with Crippen molar-refractivity contribution in [3.63, 3.8) is 0 Å². The van der Waals surface area contributed by atoms with Crippen LogP contribution in [-0.2, 0) is 32.7 Å². The molecule has 0 spiro atoms. The van der Waals surface area contributed by atoms with Crippen LogP contribution in [0.3, 0.4) is 0 Å². The van der Waals surface area contributed by atoms with E-state index in [1.807, 2.05) is 0 Å². The van der Waals surface area contributed by atoms with Gasteiger partial charge >= 0.3 is 19.8 Å². The molecule has 0 bridgehead atoms. The van der Waals surface area contributed by atoms with Crippen LogP contribution >= 0.6 is 7.82 Å². The van der Waals surface area contributed by atoms with Crippen molar-refractivity contribution < 1.29 is 63.1 Å². The van der Waals surface area contributed by atoms with Crippen LogP contribution in [-0.4, -0.2) is 98.3 Å². The molecule has 1 fully saturated rings. The van der Waals surface area contributed by atoms with E-state index in [9.17, 15) is 44.6 Å². The summed E-state index contributed by atoms with van der Waals surface area (Å²) in [7, 11) is -5.11. The number of hydrogen-bond donors (Lipinski definition) is 6. The number of carbonyl (C=O) groups excluding carboxylic acids is 2. The molecule has 0 aliphatic heterocycles. The first-order valence-electron chi connectivity index (χ1n) is 23.0. The Balaban J connectivity index is 2.44. The maximum Gasteiger partial charge on any atom is 0.472 e. The number of esters is 2. The van der Waals surface area contributed by atoms with Crippen LogP contribution in [0, 0.1) is 0 Å². The highest BCUT2D eigenvalue weighted by Gasteiger charge is 2.51. The van der Waals surface area contributed by atoms with Gasteiger partial charge in [0.05, 0.1) is 6.61 Å². The van der Waals surface area contributed by atoms with E-state index in [2.05, 4.69) is 26.0 Å². The van der Waals surface area contributed by atoms with Crippen molar-refractivity contribution in [1.29, 1.82) is 0 Å². The van der Waals surface area contributed by atoms with Crippen LogP contribution in [0.25, 0.3) is 0 Å². The average Bonchev–Trinajstić information content (AvgIpc) is 3.20. The average molecular weight is 851 g/mol. The van der Waals surface area contributed by atoms with Crippen molar-refractivity contribution in [2.45, 2.75) is 243 Å². The molecular weight excluding hydrogens is 767 g/mol. The highest BCUT2D eigenvalue weighted by atomic mass is 31.2. The number of unbranched alkanes of at least 4 members (excludes halogenated alkanes) is 24. The number of phosphoric ester groups is 1. The molecule has 0 radical (unpaired) electrons. The van der Waals surface area contributed by atoms with E-state index >= 15 is 0 Å². The van der Waals surface area contributed by atoms with E-state index < -0.39 is 75.7 Å². The Morgan fingerprint density at radius 2 is 0.879 bits per heavy atom. The molecule has 0 heterocycles. The molecule has 0 saturated heterocycles. The van der Waals surface area contributed by atoms with Gasteiger partial charge in [-0.1, -0.05) is 161 Å². The van der Waals surface area contributed by atoms with Crippen molar-refractivity contribution in [3.05, 3.63) is 12.2 Å². The molecule has 0 aromatic rings. The fourth-order valence-electron chi connectivity index (χ4n) is 7.11. The van der Waals surface area contributed by atoms with Crippen LogP contribution in [0.4, 0.5) is 0 Å². The molecule has 0 aromatic carbocycles. The molecule has 1 aliphatic rings. The highest BCUT2D eigenvalue weighted by Crippen LogP contribution is 2.47. The summed E-state index contributed by atoms with van der Waals surface area (Å²) in [6.07, 6.45) is 22.7. The third-order valence-corrected chi connectivity index (χ3v) is 11.8. The Hall–Kier alpha value is -1.41. The van der Waals surface area contributed by atoms with Crippen LogP contribution in [0.5, 0.6) is 0 Å². The lowest BCUT2D eigenvalue weighted by Crippen LogP contribution is -2.64. The Kier molecular flexibility index (Phi) is 33.2. The summed E-state index contributed by atoms with van der Waals surface area (Å²) >= 11 is 0. The molecule has 6 unspecified atom stereocenters. The molecule has 14 heteroatoms. The minimum Gasteiger partial charge on any atom is -0.462 e. The molecule has 6 N–H and O–H groups in total. The van der Waals surface area contributed by atoms with Crippen LogP contribution in [0.1, 0.15) is 200 Å². The van der Waals surface area contributed by atoms with Gasteiger partial charge in [-0.15, -0.1) is 0 Å². The monoisotopic (exact) mass is 851 g/mol. The largest absolute Gasteiger partial charge is 0.472 e. The maximum atomic E-state index is 12.8. The summed E-state index contributed by atoms with van der Waals surface area (Å²) in [5.74, 6) is -1.09. The minimum atomic E-state index is -5.11. The maximum absolute atomic E-state index is 12.8. The second kappa shape index (κ2) is 35.2. The highest BCUT2D eigenvalue weighted by molar-refractivity contribution is 7.47. The fraction of sp³-hybridized carbons (Fsp3) is 0.909. The third-order valence-electron chi connectivity index (χ3n) is 10.9. The second-order valence-corrected chi connectivity index (χ2v) is 17.7. The Morgan fingerprint density at radius 3 is 1.33 bits per heavy atom. The molecule has 0 amide bonds. The standard InChI is InChI=1S/C44H83O13P/c1-3-5-7-9-11-13-15-17-18-19-20-21-23-24-26-28-30-32-37(45)54-34-36(56-38(46)33-31-29-27-25-22-16-14-12-10-8-6-4-2)35-55-58(52,53)57-44-42(50)40(48)39(47)41(49)43(44)51/h13,15,36,39-44,47-51H,3-12,14,16-35H2,1-2H3,(H,52,53)/b15-13+/t36-,39?,40-,41?,42?,43?,44?/m0/s1. The lowest BCUT2D eigenvalue weighted by molar-refractivity contribution is -0.220. The quantitative estimate of drug-likeness (QED) is 0.0149. The number of aliphatic hydroxyl groups is 5. The summed E-state index contributed by atoms with van der Waals surface area (Å²) in [5, 5.41) is 50.1. The van der Waals surface area contributed by atoms with Crippen molar-refractivity contribution in [1.82, 2.24) is 0 Å². The van der Waals surface area contributed by atoms with Gasteiger partial charge < -0.3 is 39.9 Å². The number of carbonyl (C=O) groups is 2. The summed E-state index contributed by atoms with van der Waals surface area (Å²) in [6, 6.07) is 0. The summed E-state index contributed by atoms with van der Waals surface area (Å²) < 4.78 is 33.5. The van der Waals surface area contributed by atoms with Crippen LogP contribution < -0.4 is 0 Å². The zero-order chi connectivity index (χ0) is 42.9. The van der Waals surface area contributed by atoms with Gasteiger partial charge in [0, 0.05) is 12.8 Å². The van der Waals surface area contributed by atoms with E-state index in [1.165, 1.54) is 109 Å². The smallest absolute Gasteiger partial charge is 0.462 e. The minimum absolute atomic E-state index is 0.102. The van der Waals surface area contributed by atoms with Crippen molar-refractivity contribution >= 4 is 19.8 Å². The van der Waals surface area contributed by atoms with Crippen LogP contribution in [0.2, 0.25) is 0 Å². The van der Waals surface area contributed by atoms with E-state index in [4.69, 9.17) is 18.5 Å². The van der Waals surface area contributed by atoms with E-state index in [0.717, 1.165) is 51.4 Å². The third kappa shape index (κ3) is 27.4. The Bertz CT molecular complexity index is 1080. The predicted molar refractivity (Wildman–Crippen MR) is 226 cm³/mol. The SMILES string of the molecule is CCCCCC/C=C/CCCCCCCCCCCC(=O)OC[C@@H](COP(=O)(O)OC1C(O)C(O)C(O)[C@H](O)C1O)OC(=O)CCCCCCCCCCCCCC. The Morgan fingerprint density at radius 1 is 0.517 bits per heavy atom. The number of hydrogen-bond acceptors (Lipinski definition) is 12. The fourth-order valence-corrected chi connectivity index (χ4v) is 8.08. The number of rotatable bonds is 38. The summed E-state index contributed by atoms with van der Waals surface area (Å²) in [4.78, 5) is 35.6. The van der Waals surface area contributed by atoms with Gasteiger partial charge in [0.2, 0.25) is 0 Å². The number of allylic oxidation sites excluding steroid dienone is 2. The zero-order valence-electron chi connectivity index (χ0n) is 36.1. The lowest BCUT2D eigenvalue weighted by Gasteiger charge is -2.41. The van der Waals surface area contributed by atoms with Crippen molar-refractivity contribution in [3.8, 4) is 0 Å². The second-order valence-electron chi connectivity index (χ2n) is 16.3. The predicted octanol–water partition coefficient (Wildman–Crippen LogP) is 8.67. The summed E-state index contributed by atoms with van der Waals surface area (Å²) in [5.41, 5.74) is 0. The zero-order valence-corrected chi connectivity index (χ0v) is 37.0. The molecule has 13 nitrogen and oxygen atoms in total.